The van der Waals surface area contributed by atoms with E-state index in [1.807, 2.05) is 23.0 Å². The average Bonchev–Trinajstić information content (AvgIpc) is 3.16. The van der Waals surface area contributed by atoms with Gasteiger partial charge in [0.25, 0.3) is 0 Å². The first-order chi connectivity index (χ1) is 13.7. The number of nitrogens with zero attached hydrogens (tertiary/aromatic N) is 3. The Kier molecular flexibility index (Phi) is 5.65. The van der Waals surface area contributed by atoms with E-state index in [-0.39, 0.29) is 12.7 Å². The molecule has 5 heteroatoms. The molecule has 5 nitrogen and oxygen atoms in total. The molecule has 2 N–H and O–H groups in total. The Morgan fingerprint density at radius 2 is 1.61 bits per heavy atom. The van der Waals surface area contributed by atoms with Crippen LogP contribution in [0.4, 0.5) is 0 Å². The van der Waals surface area contributed by atoms with Gasteiger partial charge in [-0.15, -0.1) is 5.10 Å². The maximum absolute atomic E-state index is 9.41. The van der Waals surface area contributed by atoms with Crippen molar-refractivity contribution in [2.75, 3.05) is 6.61 Å². The highest BCUT2D eigenvalue weighted by atomic mass is 16.3. The third-order valence-electron chi connectivity index (χ3n) is 5.23. The average molecular weight is 375 g/mol. The number of aromatic nitrogens is 3. The molecule has 0 amide bonds. The number of aliphatic hydroxyl groups excluding tert-OH is 2. The lowest BCUT2D eigenvalue weighted by molar-refractivity contribution is 0.0334. The van der Waals surface area contributed by atoms with Gasteiger partial charge >= 0.3 is 0 Å². The summed E-state index contributed by atoms with van der Waals surface area (Å²) in [6.07, 6.45) is 8.25. The molecule has 1 aromatic heterocycles. The Balaban J connectivity index is 1.41. The van der Waals surface area contributed by atoms with Crippen LogP contribution in [0.25, 0.3) is 28.5 Å². The number of rotatable bonds is 7. The number of aliphatic hydroxyl groups is 2. The van der Waals surface area contributed by atoms with Crippen LogP contribution >= 0.6 is 0 Å². The van der Waals surface area contributed by atoms with E-state index in [0.717, 1.165) is 47.3 Å². The van der Waals surface area contributed by atoms with E-state index in [1.165, 1.54) is 0 Å². The van der Waals surface area contributed by atoms with E-state index in [1.54, 1.807) is 0 Å². The molecule has 0 unspecified atom stereocenters. The largest absolute Gasteiger partial charge is 0.396 e. The lowest BCUT2D eigenvalue weighted by Crippen LogP contribution is -2.31. The fraction of sp³-hybridized carbons (Fsp3) is 0.304. The van der Waals surface area contributed by atoms with Crippen molar-refractivity contribution in [1.29, 1.82) is 0 Å². The predicted molar refractivity (Wildman–Crippen MR) is 110 cm³/mol. The van der Waals surface area contributed by atoms with Crippen molar-refractivity contribution < 1.29 is 10.2 Å². The Morgan fingerprint density at radius 1 is 0.964 bits per heavy atom. The van der Waals surface area contributed by atoms with Crippen LogP contribution in [0.15, 0.2) is 60.8 Å². The Hall–Kier alpha value is -2.76. The molecule has 28 heavy (non-hydrogen) atoms. The summed E-state index contributed by atoms with van der Waals surface area (Å²) in [5, 5.41) is 26.8. The normalized spacial score (nSPS) is 19.1. The zero-order valence-corrected chi connectivity index (χ0v) is 15.8. The van der Waals surface area contributed by atoms with Crippen LogP contribution in [0.1, 0.15) is 24.8 Å². The molecule has 0 radical (unpaired) electrons. The molecule has 1 fully saturated rings. The lowest BCUT2D eigenvalue weighted by Gasteiger charge is -2.30. The van der Waals surface area contributed by atoms with E-state index in [4.69, 9.17) is 5.11 Å². The van der Waals surface area contributed by atoms with Gasteiger partial charge in [0.2, 0.25) is 0 Å². The molecule has 1 aliphatic carbocycles. The summed E-state index contributed by atoms with van der Waals surface area (Å²) in [6.45, 7) is 1.000. The van der Waals surface area contributed by atoms with Gasteiger partial charge in [-0.25, -0.2) is 0 Å². The standard InChI is InChI=1S/C23H25N3O2/c27-12-2-1-3-17-4-6-19(7-5-17)20-8-10-21(11-9-20)23-16-26(25-24-23)15-18-13-22(28)14-18/h1,3-11,16,18,22,27-28H,2,12-15H2/b3-1+. The molecule has 0 bridgehead atoms. The van der Waals surface area contributed by atoms with E-state index < -0.39 is 0 Å². The second kappa shape index (κ2) is 8.50. The smallest absolute Gasteiger partial charge is 0.113 e. The fourth-order valence-electron chi connectivity index (χ4n) is 3.55. The molecule has 0 atom stereocenters. The highest BCUT2D eigenvalue weighted by Gasteiger charge is 2.27. The second-order valence-electron chi connectivity index (χ2n) is 7.43. The molecular weight excluding hydrogens is 350 g/mol. The first-order valence-electron chi connectivity index (χ1n) is 9.78. The van der Waals surface area contributed by atoms with Gasteiger partial charge in [-0.1, -0.05) is 65.9 Å². The molecule has 1 aliphatic rings. The molecule has 0 aliphatic heterocycles. The van der Waals surface area contributed by atoms with Crippen LogP contribution in [0.5, 0.6) is 0 Å². The molecule has 0 saturated heterocycles. The molecule has 1 saturated carbocycles. The molecular formula is C23H25N3O2. The summed E-state index contributed by atoms with van der Waals surface area (Å²) >= 11 is 0. The van der Waals surface area contributed by atoms with Gasteiger partial charge in [-0.05, 0) is 41.9 Å². The van der Waals surface area contributed by atoms with Crippen molar-refractivity contribution in [3.05, 3.63) is 66.4 Å². The van der Waals surface area contributed by atoms with Crippen LogP contribution < -0.4 is 0 Å². The van der Waals surface area contributed by atoms with Gasteiger partial charge in [-0.2, -0.15) is 0 Å². The summed E-state index contributed by atoms with van der Waals surface area (Å²) in [6, 6.07) is 16.7. The molecule has 2 aromatic carbocycles. The summed E-state index contributed by atoms with van der Waals surface area (Å²) in [5.41, 5.74) is 5.37. The molecule has 4 rings (SSSR count). The van der Waals surface area contributed by atoms with Crippen molar-refractivity contribution in [3.8, 4) is 22.4 Å². The minimum atomic E-state index is -0.133. The highest BCUT2D eigenvalue weighted by Crippen LogP contribution is 2.29. The summed E-state index contributed by atoms with van der Waals surface area (Å²) in [5.74, 6) is 0.508. The maximum Gasteiger partial charge on any atom is 0.113 e. The van der Waals surface area contributed by atoms with Crippen LogP contribution in [-0.4, -0.2) is 37.9 Å². The predicted octanol–water partition coefficient (Wildman–Crippen LogP) is 3.78. The van der Waals surface area contributed by atoms with E-state index in [0.29, 0.717) is 12.3 Å². The minimum Gasteiger partial charge on any atom is -0.396 e. The van der Waals surface area contributed by atoms with Gasteiger partial charge in [0.15, 0.2) is 0 Å². The van der Waals surface area contributed by atoms with Crippen molar-refractivity contribution in [3.63, 3.8) is 0 Å². The quantitative estimate of drug-likeness (QED) is 0.659. The minimum absolute atomic E-state index is 0.133. The van der Waals surface area contributed by atoms with Gasteiger partial charge in [-0.3, -0.25) is 4.68 Å². The van der Waals surface area contributed by atoms with Gasteiger partial charge in [0.05, 0.1) is 12.3 Å². The first kappa shape index (κ1) is 18.6. The van der Waals surface area contributed by atoms with Crippen molar-refractivity contribution >= 4 is 6.08 Å². The lowest BCUT2D eigenvalue weighted by atomic mass is 9.82. The first-order valence-corrected chi connectivity index (χ1v) is 9.78. The van der Waals surface area contributed by atoms with Crippen LogP contribution in [0.3, 0.4) is 0 Å². The van der Waals surface area contributed by atoms with Gasteiger partial charge < -0.3 is 10.2 Å². The molecule has 0 spiro atoms. The topological polar surface area (TPSA) is 71.2 Å². The summed E-state index contributed by atoms with van der Waals surface area (Å²) in [7, 11) is 0. The fourth-order valence-corrected chi connectivity index (χ4v) is 3.55. The third-order valence-corrected chi connectivity index (χ3v) is 5.23. The zero-order valence-electron chi connectivity index (χ0n) is 15.8. The van der Waals surface area contributed by atoms with Gasteiger partial charge in [0, 0.05) is 18.7 Å². The zero-order chi connectivity index (χ0) is 19.3. The van der Waals surface area contributed by atoms with E-state index in [2.05, 4.69) is 58.8 Å². The van der Waals surface area contributed by atoms with Gasteiger partial charge in [0.1, 0.15) is 5.69 Å². The SMILES string of the molecule is OCC/C=C/c1ccc(-c2ccc(-c3cn(CC4CC(O)C4)nn3)cc2)cc1. The Labute approximate surface area is 165 Å². The Bertz CT molecular complexity index is 923. The van der Waals surface area contributed by atoms with E-state index in [9.17, 15) is 5.11 Å². The molecule has 3 aromatic rings. The summed E-state index contributed by atoms with van der Waals surface area (Å²) < 4.78 is 1.88. The van der Waals surface area contributed by atoms with Crippen LogP contribution in [-0.2, 0) is 6.54 Å². The van der Waals surface area contributed by atoms with Crippen molar-refractivity contribution in [1.82, 2.24) is 15.0 Å². The number of benzene rings is 2. The number of hydrogen-bond acceptors (Lipinski definition) is 4. The van der Waals surface area contributed by atoms with Crippen LogP contribution in [0.2, 0.25) is 0 Å². The monoisotopic (exact) mass is 375 g/mol. The second-order valence-corrected chi connectivity index (χ2v) is 7.43. The Morgan fingerprint density at radius 3 is 2.25 bits per heavy atom. The highest BCUT2D eigenvalue weighted by molar-refractivity contribution is 5.69. The maximum atomic E-state index is 9.41. The number of hydrogen-bond donors (Lipinski definition) is 2. The van der Waals surface area contributed by atoms with Crippen molar-refractivity contribution in [2.45, 2.75) is 31.9 Å². The third kappa shape index (κ3) is 4.38. The summed E-state index contributed by atoms with van der Waals surface area (Å²) in [4.78, 5) is 0. The van der Waals surface area contributed by atoms with Crippen LogP contribution in [0, 0.1) is 5.92 Å². The molecule has 144 valence electrons. The molecule has 1 heterocycles. The van der Waals surface area contributed by atoms with E-state index >= 15 is 0 Å². The van der Waals surface area contributed by atoms with Crippen molar-refractivity contribution in [2.24, 2.45) is 5.92 Å².